The SMILES string of the molecule is CC(C)(C)C(=O)OC(F)(C(F)(F)F)C(F)(F)F. The molecule has 0 bridgehead atoms. The van der Waals surface area contributed by atoms with Crippen LogP contribution in [0.4, 0.5) is 30.7 Å². The Balaban J connectivity index is 5.35. The van der Waals surface area contributed by atoms with Crippen LogP contribution >= 0.6 is 0 Å². The zero-order chi connectivity index (χ0) is 14.3. The van der Waals surface area contributed by atoms with Gasteiger partial charge in [-0.25, -0.2) is 0 Å². The summed E-state index contributed by atoms with van der Waals surface area (Å²) in [6.07, 6.45) is -12.8. The second-order valence-electron chi connectivity index (χ2n) is 4.23. The molecule has 0 aliphatic carbocycles. The van der Waals surface area contributed by atoms with Crippen molar-refractivity contribution in [3.8, 4) is 0 Å². The first-order valence-corrected chi connectivity index (χ1v) is 4.19. The summed E-state index contributed by atoms with van der Waals surface area (Å²) >= 11 is 0. The molecule has 0 saturated carbocycles. The smallest absolute Gasteiger partial charge is 0.412 e. The molecule has 0 spiro atoms. The molecule has 0 N–H and O–H groups in total. The van der Waals surface area contributed by atoms with Crippen molar-refractivity contribution in [2.24, 2.45) is 5.41 Å². The van der Waals surface area contributed by atoms with Gasteiger partial charge in [0.2, 0.25) is 0 Å². The number of rotatable bonds is 1. The summed E-state index contributed by atoms with van der Waals surface area (Å²) in [4.78, 5) is 10.9. The number of hydrogen-bond acceptors (Lipinski definition) is 2. The van der Waals surface area contributed by atoms with Crippen molar-refractivity contribution in [2.75, 3.05) is 0 Å². The van der Waals surface area contributed by atoms with Crippen LogP contribution in [0.5, 0.6) is 0 Å². The van der Waals surface area contributed by atoms with E-state index in [0.717, 1.165) is 20.8 Å². The van der Waals surface area contributed by atoms with Crippen molar-refractivity contribution in [2.45, 2.75) is 39.0 Å². The summed E-state index contributed by atoms with van der Waals surface area (Å²) in [7, 11) is 0. The van der Waals surface area contributed by atoms with Crippen LogP contribution in [-0.2, 0) is 9.53 Å². The van der Waals surface area contributed by atoms with Crippen molar-refractivity contribution >= 4 is 5.97 Å². The van der Waals surface area contributed by atoms with Crippen LogP contribution < -0.4 is 0 Å². The third-order valence-corrected chi connectivity index (χ3v) is 1.57. The second-order valence-corrected chi connectivity index (χ2v) is 4.23. The van der Waals surface area contributed by atoms with Gasteiger partial charge in [0.1, 0.15) is 0 Å². The van der Waals surface area contributed by atoms with E-state index in [0.29, 0.717) is 0 Å². The summed E-state index contributed by atoms with van der Waals surface area (Å²) in [6, 6.07) is 0. The molecule has 102 valence electrons. The van der Waals surface area contributed by atoms with Crippen LogP contribution in [0.25, 0.3) is 0 Å². The fraction of sp³-hybridized carbons (Fsp3) is 0.875. The van der Waals surface area contributed by atoms with Gasteiger partial charge in [-0.3, -0.25) is 4.79 Å². The van der Waals surface area contributed by atoms with E-state index in [4.69, 9.17) is 0 Å². The number of halogens is 7. The van der Waals surface area contributed by atoms with E-state index in [1.54, 1.807) is 0 Å². The quantitative estimate of drug-likeness (QED) is 0.539. The lowest BCUT2D eigenvalue weighted by Crippen LogP contribution is -2.57. The molecular weight excluding hydrogens is 261 g/mol. The van der Waals surface area contributed by atoms with Crippen LogP contribution in [0, 0.1) is 5.41 Å². The standard InChI is InChI=1S/C8H9F7O2/c1-5(2,3)4(16)17-6(9,7(10,11)12)8(13,14)15/h1-3H3. The van der Waals surface area contributed by atoms with Gasteiger partial charge in [-0.1, -0.05) is 0 Å². The molecule has 0 unspecified atom stereocenters. The zero-order valence-corrected chi connectivity index (χ0v) is 8.96. The lowest BCUT2D eigenvalue weighted by atomic mass is 9.97. The summed E-state index contributed by atoms with van der Waals surface area (Å²) in [6.45, 7) is 2.97. The third-order valence-electron chi connectivity index (χ3n) is 1.57. The van der Waals surface area contributed by atoms with Gasteiger partial charge in [0.05, 0.1) is 5.41 Å². The first kappa shape index (κ1) is 16.0. The molecule has 17 heavy (non-hydrogen) atoms. The Bertz CT molecular complexity index is 282. The Morgan fingerprint density at radius 1 is 0.824 bits per heavy atom. The molecule has 0 rings (SSSR count). The van der Waals surface area contributed by atoms with Gasteiger partial charge in [-0.05, 0) is 20.8 Å². The maximum Gasteiger partial charge on any atom is 0.470 e. The molecule has 2 nitrogen and oxygen atoms in total. The molecule has 0 saturated heterocycles. The fourth-order valence-corrected chi connectivity index (χ4v) is 0.557. The predicted octanol–water partition coefficient (Wildman–Crippen LogP) is 3.37. The van der Waals surface area contributed by atoms with E-state index >= 15 is 0 Å². The van der Waals surface area contributed by atoms with Crippen molar-refractivity contribution in [1.82, 2.24) is 0 Å². The van der Waals surface area contributed by atoms with Gasteiger partial charge in [0.25, 0.3) is 0 Å². The van der Waals surface area contributed by atoms with E-state index in [1.807, 2.05) is 0 Å². The molecule has 0 radical (unpaired) electrons. The predicted molar refractivity (Wildman–Crippen MR) is 41.5 cm³/mol. The molecular formula is C8H9F7O2. The van der Waals surface area contributed by atoms with Gasteiger partial charge >= 0.3 is 24.2 Å². The molecule has 0 aromatic heterocycles. The van der Waals surface area contributed by atoms with Gasteiger partial charge in [0, 0.05) is 0 Å². The molecule has 0 aliphatic heterocycles. The van der Waals surface area contributed by atoms with Gasteiger partial charge in [-0.15, -0.1) is 0 Å². The van der Waals surface area contributed by atoms with E-state index in [2.05, 4.69) is 4.74 Å². The lowest BCUT2D eigenvalue weighted by Gasteiger charge is -2.31. The van der Waals surface area contributed by atoms with Gasteiger partial charge < -0.3 is 4.74 Å². The number of carbonyl (C=O) groups is 1. The second kappa shape index (κ2) is 4.02. The van der Waals surface area contributed by atoms with E-state index in [-0.39, 0.29) is 0 Å². The maximum atomic E-state index is 12.9. The molecule has 0 atom stereocenters. The van der Waals surface area contributed by atoms with Crippen LogP contribution in [0.2, 0.25) is 0 Å². The number of alkyl halides is 7. The van der Waals surface area contributed by atoms with Crippen molar-refractivity contribution in [3.63, 3.8) is 0 Å². The van der Waals surface area contributed by atoms with Crippen LogP contribution in [-0.4, -0.2) is 24.2 Å². The Hall–Kier alpha value is -1.02. The van der Waals surface area contributed by atoms with Crippen LogP contribution in [0.1, 0.15) is 20.8 Å². The molecule has 0 fully saturated rings. The highest BCUT2D eigenvalue weighted by atomic mass is 19.4. The summed E-state index contributed by atoms with van der Waals surface area (Å²) in [5.41, 5.74) is -1.70. The maximum absolute atomic E-state index is 12.9. The topological polar surface area (TPSA) is 26.3 Å². The average molecular weight is 270 g/mol. The van der Waals surface area contributed by atoms with Crippen molar-refractivity contribution in [1.29, 1.82) is 0 Å². The molecule has 0 aromatic carbocycles. The molecule has 0 aromatic rings. The fourth-order valence-electron chi connectivity index (χ4n) is 0.557. The first-order chi connectivity index (χ1) is 7.13. The monoisotopic (exact) mass is 270 g/mol. The normalized spacial score (nSPS) is 14.7. The highest BCUT2D eigenvalue weighted by Crippen LogP contribution is 2.47. The highest BCUT2D eigenvalue weighted by Gasteiger charge is 2.76. The molecule has 0 aliphatic rings. The van der Waals surface area contributed by atoms with Crippen LogP contribution in [0.3, 0.4) is 0 Å². The van der Waals surface area contributed by atoms with Crippen LogP contribution in [0.15, 0.2) is 0 Å². The first-order valence-electron chi connectivity index (χ1n) is 4.19. The molecule has 9 heteroatoms. The number of ether oxygens (including phenoxy) is 1. The Morgan fingerprint density at radius 2 is 1.12 bits per heavy atom. The Kier molecular flexibility index (Phi) is 3.78. The van der Waals surface area contributed by atoms with E-state index < -0.39 is 29.6 Å². The van der Waals surface area contributed by atoms with E-state index in [1.165, 1.54) is 0 Å². The average Bonchev–Trinajstić information content (AvgIpc) is 1.97. The third kappa shape index (κ3) is 3.22. The minimum Gasteiger partial charge on any atom is -0.412 e. The number of hydrogen-bond donors (Lipinski definition) is 0. The number of carbonyl (C=O) groups excluding carboxylic acids is 1. The molecule has 0 amide bonds. The van der Waals surface area contributed by atoms with Crippen molar-refractivity contribution in [3.05, 3.63) is 0 Å². The summed E-state index contributed by atoms with van der Waals surface area (Å²) in [5, 5.41) is 0. The largest absolute Gasteiger partial charge is 0.470 e. The summed E-state index contributed by atoms with van der Waals surface area (Å²) in [5.74, 6) is -7.95. The Morgan fingerprint density at radius 3 is 1.29 bits per heavy atom. The number of esters is 1. The highest BCUT2D eigenvalue weighted by molar-refractivity contribution is 5.75. The minimum atomic E-state index is -6.40. The minimum absolute atomic E-state index is 0.989. The van der Waals surface area contributed by atoms with Gasteiger partial charge in [-0.2, -0.15) is 30.7 Å². The molecule has 0 heterocycles. The lowest BCUT2D eigenvalue weighted by molar-refractivity contribution is -0.418. The van der Waals surface area contributed by atoms with E-state index in [9.17, 15) is 35.5 Å². The zero-order valence-electron chi connectivity index (χ0n) is 8.96. The van der Waals surface area contributed by atoms with Gasteiger partial charge in [0.15, 0.2) is 0 Å². The summed E-state index contributed by atoms with van der Waals surface area (Å²) < 4.78 is 87.7. The van der Waals surface area contributed by atoms with Crippen molar-refractivity contribution < 1.29 is 40.3 Å². The Labute approximate surface area is 91.7 Å².